The van der Waals surface area contributed by atoms with Crippen molar-refractivity contribution >= 4 is 60.9 Å². The van der Waals surface area contributed by atoms with Gasteiger partial charge in [-0.15, -0.1) is 0 Å². The van der Waals surface area contributed by atoms with Gasteiger partial charge in [-0.1, -0.05) is 184 Å². The Morgan fingerprint density at radius 2 is 0.881 bits per heavy atom. The Bertz CT molecular complexity index is 3910. The van der Waals surface area contributed by atoms with Crippen LogP contribution in [0.1, 0.15) is 47.2 Å². The number of fused-ring (bicyclic) bond motifs is 12. The highest BCUT2D eigenvalue weighted by atomic mass is 16.3. The minimum atomic E-state index is -0.555. The maximum absolute atomic E-state index is 7.17. The van der Waals surface area contributed by atoms with Gasteiger partial charge < -0.3 is 13.7 Å². The molecule has 0 saturated carbocycles. The van der Waals surface area contributed by atoms with Gasteiger partial charge in [-0.05, 0) is 121 Å². The molecule has 2 aliphatic carbocycles. The molecule has 0 bridgehead atoms. The quantitative estimate of drug-likeness (QED) is 0.167. The molecule has 10 aromatic carbocycles. The van der Waals surface area contributed by atoms with Gasteiger partial charge in [0.1, 0.15) is 16.7 Å². The van der Waals surface area contributed by atoms with Gasteiger partial charge in [-0.25, -0.2) is 0 Å². The normalized spacial score (nSPS) is 14.1. The lowest BCUT2D eigenvalue weighted by molar-refractivity contribution is 0.660. The van der Waals surface area contributed by atoms with Gasteiger partial charge in [0, 0.05) is 38.3 Å². The van der Waals surface area contributed by atoms with E-state index in [0.717, 1.165) is 66.5 Å². The van der Waals surface area contributed by atoms with Crippen molar-refractivity contribution in [1.29, 1.82) is 0 Å². The van der Waals surface area contributed by atoms with E-state index in [9.17, 15) is 0 Å². The minimum absolute atomic E-state index is 0.189. The van der Waals surface area contributed by atoms with Crippen LogP contribution in [0.15, 0.2) is 233 Å². The number of rotatable bonds is 6. The van der Waals surface area contributed by atoms with E-state index in [1.54, 1.807) is 0 Å². The Balaban J connectivity index is 1.02. The van der Waals surface area contributed by atoms with Crippen molar-refractivity contribution in [2.75, 3.05) is 4.90 Å². The molecule has 14 rings (SSSR count). The molecule has 3 heteroatoms. The van der Waals surface area contributed by atoms with Crippen LogP contribution in [-0.4, -0.2) is 0 Å². The van der Waals surface area contributed by atoms with Crippen molar-refractivity contribution in [3.8, 4) is 33.4 Å². The molecule has 67 heavy (non-hydrogen) atoms. The molecule has 0 atom stereocenters. The summed E-state index contributed by atoms with van der Waals surface area (Å²) >= 11 is 0. The van der Waals surface area contributed by atoms with E-state index < -0.39 is 5.41 Å². The predicted molar refractivity (Wildman–Crippen MR) is 276 cm³/mol. The van der Waals surface area contributed by atoms with E-state index in [4.69, 9.17) is 8.83 Å². The average molecular weight is 858 g/mol. The Hall–Kier alpha value is -8.40. The molecule has 12 aromatic rings. The molecule has 3 nitrogen and oxygen atoms in total. The number of benzene rings is 10. The van der Waals surface area contributed by atoms with Crippen molar-refractivity contribution in [2.24, 2.45) is 0 Å². The summed E-state index contributed by atoms with van der Waals surface area (Å²) in [6, 6.07) is 82.0. The van der Waals surface area contributed by atoms with Gasteiger partial charge in [-0.2, -0.15) is 0 Å². The number of hydrogen-bond acceptors (Lipinski definition) is 3. The lowest BCUT2D eigenvalue weighted by atomic mass is 9.67. The zero-order valence-corrected chi connectivity index (χ0v) is 37.1. The summed E-state index contributed by atoms with van der Waals surface area (Å²) in [4.78, 5) is 2.43. The van der Waals surface area contributed by atoms with Crippen LogP contribution in [0.3, 0.4) is 0 Å². The highest BCUT2D eigenvalue weighted by Gasteiger charge is 2.46. The maximum Gasteiger partial charge on any atom is 0.159 e. The van der Waals surface area contributed by atoms with Gasteiger partial charge in [0.15, 0.2) is 5.58 Å². The van der Waals surface area contributed by atoms with Gasteiger partial charge in [-0.3, -0.25) is 0 Å². The fraction of sp³-hybridized carbons (Fsp3) is 0.0625. The van der Waals surface area contributed by atoms with Crippen molar-refractivity contribution in [1.82, 2.24) is 0 Å². The van der Waals surface area contributed by atoms with E-state index >= 15 is 0 Å². The summed E-state index contributed by atoms with van der Waals surface area (Å²) in [7, 11) is 0. The number of nitrogens with zero attached hydrogens (tertiary/aromatic N) is 1. The highest BCUT2D eigenvalue weighted by molar-refractivity contribution is 6.17. The molecule has 2 aromatic heterocycles. The van der Waals surface area contributed by atoms with Crippen LogP contribution in [0.25, 0.3) is 77.3 Å². The van der Waals surface area contributed by atoms with E-state index in [0.29, 0.717) is 0 Å². The molecule has 0 aliphatic heterocycles. The molecule has 2 aliphatic rings. The molecular formula is C64H43NO2. The van der Waals surface area contributed by atoms with Crippen LogP contribution >= 0.6 is 0 Å². The molecule has 0 N–H and O–H groups in total. The molecule has 316 valence electrons. The average Bonchev–Trinajstić information content (AvgIpc) is 4.09. The van der Waals surface area contributed by atoms with Crippen molar-refractivity contribution in [3.05, 3.63) is 258 Å². The molecule has 0 spiro atoms. The van der Waals surface area contributed by atoms with Crippen molar-refractivity contribution < 1.29 is 8.83 Å². The first-order valence-corrected chi connectivity index (χ1v) is 23.2. The Labute approximate surface area is 388 Å². The van der Waals surface area contributed by atoms with Crippen molar-refractivity contribution in [3.63, 3.8) is 0 Å². The summed E-state index contributed by atoms with van der Waals surface area (Å²) in [6.07, 6.45) is 0. The number of hydrogen-bond donors (Lipinski definition) is 0. The molecule has 2 heterocycles. The molecule has 0 fully saturated rings. The fourth-order valence-electron chi connectivity index (χ4n) is 11.9. The van der Waals surface area contributed by atoms with Crippen LogP contribution in [0, 0.1) is 0 Å². The molecular weight excluding hydrogens is 815 g/mol. The summed E-state index contributed by atoms with van der Waals surface area (Å²) in [6.45, 7) is 4.71. The first-order chi connectivity index (χ1) is 33.0. The predicted octanol–water partition coefficient (Wildman–Crippen LogP) is 17.3. The van der Waals surface area contributed by atoms with Gasteiger partial charge in [0.25, 0.3) is 0 Å². The smallest absolute Gasteiger partial charge is 0.159 e. The zero-order valence-electron chi connectivity index (χ0n) is 37.1. The number of anilines is 3. The van der Waals surface area contributed by atoms with E-state index in [-0.39, 0.29) is 5.41 Å². The van der Waals surface area contributed by atoms with E-state index in [2.05, 4.69) is 243 Å². The lowest BCUT2D eigenvalue weighted by Crippen LogP contribution is -2.28. The summed E-state index contributed by atoms with van der Waals surface area (Å²) < 4.78 is 13.8. The maximum atomic E-state index is 7.17. The Morgan fingerprint density at radius 1 is 0.343 bits per heavy atom. The Kier molecular flexibility index (Phi) is 7.95. The van der Waals surface area contributed by atoms with E-state index in [1.165, 1.54) is 61.2 Å². The van der Waals surface area contributed by atoms with Gasteiger partial charge in [0.2, 0.25) is 0 Å². The minimum Gasteiger partial charge on any atom is -0.456 e. The van der Waals surface area contributed by atoms with Gasteiger partial charge >= 0.3 is 0 Å². The van der Waals surface area contributed by atoms with Gasteiger partial charge in [0.05, 0.1) is 11.1 Å². The third-order valence-corrected chi connectivity index (χ3v) is 14.9. The zero-order chi connectivity index (χ0) is 44.4. The first kappa shape index (κ1) is 37.9. The van der Waals surface area contributed by atoms with E-state index in [1.807, 2.05) is 0 Å². The second-order valence-corrected chi connectivity index (χ2v) is 18.8. The summed E-state index contributed by atoms with van der Waals surface area (Å²) in [5, 5.41) is 4.17. The number of furan rings is 2. The molecule has 0 unspecified atom stereocenters. The first-order valence-electron chi connectivity index (χ1n) is 23.2. The molecule has 0 amide bonds. The topological polar surface area (TPSA) is 29.5 Å². The fourth-order valence-corrected chi connectivity index (χ4v) is 11.9. The summed E-state index contributed by atoms with van der Waals surface area (Å²) in [5.41, 5.74) is 20.8. The van der Waals surface area contributed by atoms with Crippen LogP contribution in [0.2, 0.25) is 0 Å². The highest BCUT2D eigenvalue weighted by Crippen LogP contribution is 2.58. The molecule has 0 saturated heterocycles. The third-order valence-electron chi connectivity index (χ3n) is 14.9. The molecule has 0 radical (unpaired) electrons. The van der Waals surface area contributed by atoms with Crippen LogP contribution < -0.4 is 4.90 Å². The second-order valence-electron chi connectivity index (χ2n) is 18.8. The lowest BCUT2D eigenvalue weighted by Gasteiger charge is -2.35. The monoisotopic (exact) mass is 857 g/mol. The van der Waals surface area contributed by atoms with Crippen LogP contribution in [-0.2, 0) is 10.8 Å². The third kappa shape index (κ3) is 5.34. The van der Waals surface area contributed by atoms with Crippen LogP contribution in [0.5, 0.6) is 0 Å². The number of para-hydroxylation sites is 1. The Morgan fingerprint density at radius 3 is 1.58 bits per heavy atom. The van der Waals surface area contributed by atoms with Crippen LogP contribution in [0.4, 0.5) is 17.1 Å². The second kappa shape index (κ2) is 14.1. The van der Waals surface area contributed by atoms with Crippen molar-refractivity contribution in [2.45, 2.75) is 24.7 Å². The largest absolute Gasteiger partial charge is 0.456 e. The standard InChI is InChI=1S/C64H43NO2/c1-63(2)54-26-14-12-23-46(54)48-32-30-44(36-56(48)63)65(45-31-33-49-47-24-13-15-27-55(47)64(57(49)37-45,42-19-8-4-9-20-42)43-21-10-5-11-22-43)58-28-16-25-50-52-38-60-53(39-61(52)67-62(50)58)51-35-41(29-34-59(51)66-60)40-17-6-3-7-18-40/h3-39H,1-2H3. The summed E-state index contributed by atoms with van der Waals surface area (Å²) in [5.74, 6) is 0. The SMILES string of the molecule is CC1(C)c2ccccc2-c2ccc(N(c3ccc4c(c3)C(c3ccccc3)(c3ccccc3)c3ccccc3-4)c3cccc4c3oc3cc5c(cc34)oc3ccc(-c4ccccc4)cc35)cc21.